The molecule has 2 aromatic carbocycles. The number of carboxylic acids is 1. The van der Waals surface area contributed by atoms with Gasteiger partial charge in [-0.3, -0.25) is 9.59 Å². The summed E-state index contributed by atoms with van der Waals surface area (Å²) in [6, 6.07) is 13.8. The number of carbonyl (C=O) groups excluding carboxylic acids is 1. The Morgan fingerprint density at radius 2 is 1.76 bits per heavy atom. The summed E-state index contributed by atoms with van der Waals surface area (Å²) >= 11 is 0. The van der Waals surface area contributed by atoms with E-state index in [0.717, 1.165) is 5.56 Å². The summed E-state index contributed by atoms with van der Waals surface area (Å²) in [5.74, 6) is -0.792. The summed E-state index contributed by atoms with van der Waals surface area (Å²) in [4.78, 5) is 21.8. The number of aliphatic carboxylic acids is 1. The summed E-state index contributed by atoms with van der Waals surface area (Å²) in [5.41, 5.74) is 7.13. The molecule has 0 spiro atoms. The van der Waals surface area contributed by atoms with Gasteiger partial charge < -0.3 is 15.6 Å². The molecular weight excluding hydrogens is 270 g/mol. The Hall–Kier alpha value is -2.82. The van der Waals surface area contributed by atoms with E-state index < -0.39 is 11.9 Å². The normalized spacial score (nSPS) is 10.1. The average molecular weight is 285 g/mol. The van der Waals surface area contributed by atoms with Crippen molar-refractivity contribution in [3.05, 3.63) is 65.2 Å². The van der Waals surface area contributed by atoms with Crippen LogP contribution in [0.25, 0.3) is 0 Å². The Morgan fingerprint density at radius 3 is 2.48 bits per heavy atom. The highest BCUT2D eigenvalue weighted by Gasteiger charge is 2.04. The molecule has 21 heavy (non-hydrogen) atoms. The molecule has 0 unspecified atom stereocenters. The van der Waals surface area contributed by atoms with Crippen molar-refractivity contribution in [1.82, 2.24) is 0 Å². The van der Waals surface area contributed by atoms with E-state index in [4.69, 9.17) is 15.6 Å². The number of nitrogens with two attached hydrogens (primary N) is 1. The molecule has 0 atom stereocenters. The molecule has 108 valence electrons. The van der Waals surface area contributed by atoms with Crippen LogP contribution in [0.15, 0.2) is 48.5 Å². The molecule has 0 fully saturated rings. The highest BCUT2D eigenvalue weighted by Crippen LogP contribution is 2.16. The summed E-state index contributed by atoms with van der Waals surface area (Å²) in [6.07, 6.45) is -0.0473. The quantitative estimate of drug-likeness (QED) is 0.849. The van der Waals surface area contributed by atoms with Gasteiger partial charge in [-0.1, -0.05) is 24.3 Å². The van der Waals surface area contributed by atoms with Crippen molar-refractivity contribution in [2.75, 3.05) is 0 Å². The maximum Gasteiger partial charge on any atom is 0.307 e. The zero-order valence-corrected chi connectivity index (χ0v) is 11.3. The number of hydrogen-bond acceptors (Lipinski definition) is 3. The molecule has 0 heterocycles. The maximum absolute atomic E-state index is 11.1. The molecule has 0 aliphatic heterocycles. The molecule has 1 amide bonds. The van der Waals surface area contributed by atoms with Crippen LogP contribution in [-0.4, -0.2) is 17.0 Å². The molecule has 2 aromatic rings. The van der Waals surface area contributed by atoms with Gasteiger partial charge in [0.05, 0.1) is 6.42 Å². The third-order valence-corrected chi connectivity index (χ3v) is 2.87. The van der Waals surface area contributed by atoms with Crippen LogP contribution < -0.4 is 10.5 Å². The molecule has 0 bridgehead atoms. The van der Waals surface area contributed by atoms with Gasteiger partial charge in [-0.15, -0.1) is 0 Å². The fraction of sp³-hybridized carbons (Fsp3) is 0.125. The zero-order chi connectivity index (χ0) is 15.2. The smallest absolute Gasteiger partial charge is 0.307 e. The minimum atomic E-state index is -0.888. The van der Waals surface area contributed by atoms with Crippen molar-refractivity contribution in [3.63, 3.8) is 0 Å². The van der Waals surface area contributed by atoms with E-state index in [9.17, 15) is 9.59 Å². The molecule has 0 saturated heterocycles. The lowest BCUT2D eigenvalue weighted by Crippen LogP contribution is -2.11. The lowest BCUT2D eigenvalue weighted by molar-refractivity contribution is -0.136. The van der Waals surface area contributed by atoms with Crippen LogP contribution in [0, 0.1) is 0 Å². The predicted octanol–water partition coefficient (Wildman–Crippen LogP) is 1.99. The third kappa shape index (κ3) is 4.35. The molecule has 0 aliphatic carbocycles. The monoisotopic (exact) mass is 285 g/mol. The second-order valence-electron chi connectivity index (χ2n) is 4.57. The number of primary amides is 1. The Morgan fingerprint density at radius 1 is 1.05 bits per heavy atom. The number of rotatable bonds is 6. The summed E-state index contributed by atoms with van der Waals surface area (Å²) < 4.78 is 5.60. The van der Waals surface area contributed by atoms with Crippen molar-refractivity contribution in [3.8, 4) is 5.75 Å². The standard InChI is InChI=1S/C16H15NO4/c17-16(20)13-5-1-4-12(7-13)10-21-14-6-2-3-11(8-14)9-15(18)19/h1-8H,9-10H2,(H2,17,20)(H,18,19). The summed E-state index contributed by atoms with van der Waals surface area (Å²) in [6.45, 7) is 0.275. The number of hydrogen-bond donors (Lipinski definition) is 2. The van der Waals surface area contributed by atoms with E-state index in [-0.39, 0.29) is 13.0 Å². The SMILES string of the molecule is NC(=O)c1cccc(COc2cccc(CC(=O)O)c2)c1. The number of benzene rings is 2. The van der Waals surface area contributed by atoms with Gasteiger partial charge in [-0.05, 0) is 35.4 Å². The maximum atomic E-state index is 11.1. The average Bonchev–Trinajstić information content (AvgIpc) is 2.45. The summed E-state index contributed by atoms with van der Waals surface area (Å²) in [5, 5.41) is 8.76. The topological polar surface area (TPSA) is 89.6 Å². The van der Waals surface area contributed by atoms with Crippen LogP contribution in [0.1, 0.15) is 21.5 Å². The number of ether oxygens (including phenoxy) is 1. The van der Waals surface area contributed by atoms with Gasteiger partial charge in [0.2, 0.25) is 5.91 Å². The van der Waals surface area contributed by atoms with Gasteiger partial charge in [0.15, 0.2) is 0 Å². The van der Waals surface area contributed by atoms with Gasteiger partial charge in [0.25, 0.3) is 0 Å². The van der Waals surface area contributed by atoms with E-state index in [2.05, 4.69) is 0 Å². The van der Waals surface area contributed by atoms with Crippen LogP contribution in [-0.2, 0) is 17.8 Å². The fourth-order valence-electron chi connectivity index (χ4n) is 1.90. The molecule has 3 N–H and O–H groups in total. The van der Waals surface area contributed by atoms with E-state index in [1.165, 1.54) is 0 Å². The van der Waals surface area contributed by atoms with Gasteiger partial charge >= 0.3 is 5.97 Å². The van der Waals surface area contributed by atoms with Crippen LogP contribution in [0.5, 0.6) is 5.75 Å². The van der Waals surface area contributed by atoms with Crippen molar-refractivity contribution in [2.24, 2.45) is 5.73 Å². The lowest BCUT2D eigenvalue weighted by Gasteiger charge is -2.08. The molecule has 0 aliphatic rings. The van der Waals surface area contributed by atoms with Crippen LogP contribution in [0.2, 0.25) is 0 Å². The van der Waals surface area contributed by atoms with Crippen molar-refractivity contribution < 1.29 is 19.4 Å². The zero-order valence-electron chi connectivity index (χ0n) is 11.3. The highest BCUT2D eigenvalue weighted by molar-refractivity contribution is 5.92. The highest BCUT2D eigenvalue weighted by atomic mass is 16.5. The van der Waals surface area contributed by atoms with Gasteiger partial charge in [-0.25, -0.2) is 0 Å². The first kappa shape index (κ1) is 14.6. The van der Waals surface area contributed by atoms with E-state index >= 15 is 0 Å². The van der Waals surface area contributed by atoms with Crippen LogP contribution in [0.4, 0.5) is 0 Å². The fourth-order valence-corrected chi connectivity index (χ4v) is 1.90. The molecule has 0 saturated carbocycles. The van der Waals surface area contributed by atoms with Gasteiger partial charge in [0, 0.05) is 5.56 Å². The number of amides is 1. The Kier molecular flexibility index (Phi) is 4.56. The molecular formula is C16H15NO4. The Bertz CT molecular complexity index is 667. The van der Waals surface area contributed by atoms with Crippen LogP contribution in [0.3, 0.4) is 0 Å². The first-order valence-corrected chi connectivity index (χ1v) is 6.37. The Labute approximate surface area is 122 Å². The van der Waals surface area contributed by atoms with E-state index in [1.807, 2.05) is 6.07 Å². The second-order valence-corrected chi connectivity index (χ2v) is 4.57. The predicted molar refractivity (Wildman–Crippen MR) is 77.1 cm³/mol. The van der Waals surface area contributed by atoms with E-state index in [1.54, 1.807) is 42.5 Å². The van der Waals surface area contributed by atoms with Crippen LogP contribution >= 0.6 is 0 Å². The molecule has 0 aromatic heterocycles. The molecule has 5 heteroatoms. The minimum Gasteiger partial charge on any atom is -0.489 e. The summed E-state index contributed by atoms with van der Waals surface area (Å²) in [7, 11) is 0. The Balaban J connectivity index is 2.04. The number of carbonyl (C=O) groups is 2. The van der Waals surface area contributed by atoms with Crippen molar-refractivity contribution >= 4 is 11.9 Å². The number of carboxylic acid groups (broad SMARTS) is 1. The van der Waals surface area contributed by atoms with Crippen molar-refractivity contribution in [1.29, 1.82) is 0 Å². The van der Waals surface area contributed by atoms with Gasteiger partial charge in [-0.2, -0.15) is 0 Å². The first-order valence-electron chi connectivity index (χ1n) is 6.37. The van der Waals surface area contributed by atoms with Crippen molar-refractivity contribution in [2.45, 2.75) is 13.0 Å². The van der Waals surface area contributed by atoms with E-state index in [0.29, 0.717) is 16.9 Å². The molecule has 5 nitrogen and oxygen atoms in total. The minimum absolute atomic E-state index is 0.0473. The third-order valence-electron chi connectivity index (χ3n) is 2.87. The second kappa shape index (κ2) is 6.56. The lowest BCUT2D eigenvalue weighted by atomic mass is 10.1. The largest absolute Gasteiger partial charge is 0.489 e. The molecule has 0 radical (unpaired) electrons. The van der Waals surface area contributed by atoms with Gasteiger partial charge in [0.1, 0.15) is 12.4 Å². The first-order chi connectivity index (χ1) is 10.0. The molecule has 2 rings (SSSR count).